The number of methoxy groups -OCH3 is 1. The maximum Gasteiger partial charge on any atom is 0.309 e. The Labute approximate surface area is 123 Å². The highest BCUT2D eigenvalue weighted by molar-refractivity contribution is 6.35. The smallest absolute Gasteiger partial charge is 0.309 e. The molecule has 0 radical (unpaired) electrons. The first-order chi connectivity index (χ1) is 9.93. The number of carbonyl (C=O) groups is 2. The summed E-state index contributed by atoms with van der Waals surface area (Å²) in [6, 6.07) is 5.92. The molecule has 5 nitrogen and oxygen atoms in total. The average Bonchev–Trinajstić information content (AvgIpc) is 2.45. The molecule has 0 spiro atoms. The van der Waals surface area contributed by atoms with Crippen LogP contribution in [0.3, 0.4) is 0 Å². The number of nitrogens with one attached hydrogen (secondary N) is 2. The Morgan fingerprint density at radius 1 is 1.19 bits per heavy atom. The van der Waals surface area contributed by atoms with E-state index in [1.54, 1.807) is 12.1 Å². The van der Waals surface area contributed by atoms with Crippen LogP contribution < -0.4 is 10.6 Å². The molecule has 2 amide bonds. The predicted octanol–water partition coefficient (Wildman–Crippen LogP) is 1.40. The minimum absolute atomic E-state index is 0.0912. The molecule has 1 rings (SSSR count). The van der Waals surface area contributed by atoms with Crippen molar-refractivity contribution in [3.05, 3.63) is 35.6 Å². The summed E-state index contributed by atoms with van der Waals surface area (Å²) in [5, 5.41) is 5.00. The summed E-state index contributed by atoms with van der Waals surface area (Å²) >= 11 is 0. The van der Waals surface area contributed by atoms with Gasteiger partial charge in [0.1, 0.15) is 5.82 Å². The van der Waals surface area contributed by atoms with E-state index in [1.807, 2.05) is 13.8 Å². The summed E-state index contributed by atoms with van der Waals surface area (Å²) in [6.07, 6.45) is -0.512. The van der Waals surface area contributed by atoms with E-state index < -0.39 is 17.9 Å². The number of ether oxygens (including phenoxy) is 1. The van der Waals surface area contributed by atoms with Crippen LogP contribution >= 0.6 is 0 Å². The second-order valence-electron chi connectivity index (χ2n) is 5.09. The number of rotatable bonds is 6. The van der Waals surface area contributed by atoms with Crippen LogP contribution in [0.1, 0.15) is 25.5 Å². The third-order valence-corrected chi connectivity index (χ3v) is 2.83. The summed E-state index contributed by atoms with van der Waals surface area (Å²) in [5.41, 5.74) is 0.598. The minimum Gasteiger partial charge on any atom is -0.375 e. The molecule has 0 bridgehead atoms. The van der Waals surface area contributed by atoms with Gasteiger partial charge in [-0.05, 0) is 23.6 Å². The van der Waals surface area contributed by atoms with Gasteiger partial charge in [-0.3, -0.25) is 9.59 Å². The van der Waals surface area contributed by atoms with Gasteiger partial charge in [0.2, 0.25) is 0 Å². The second-order valence-corrected chi connectivity index (χ2v) is 5.09. The van der Waals surface area contributed by atoms with Gasteiger partial charge in [-0.15, -0.1) is 0 Å². The van der Waals surface area contributed by atoms with E-state index in [9.17, 15) is 14.0 Å². The quantitative estimate of drug-likeness (QED) is 0.780. The molecular weight excluding hydrogens is 275 g/mol. The van der Waals surface area contributed by atoms with Crippen LogP contribution in [-0.4, -0.2) is 32.0 Å². The van der Waals surface area contributed by atoms with E-state index in [0.717, 1.165) is 0 Å². The van der Waals surface area contributed by atoms with E-state index in [4.69, 9.17) is 4.74 Å². The number of carbonyl (C=O) groups excluding carboxylic acids is 2. The summed E-state index contributed by atoms with van der Waals surface area (Å²) in [6.45, 7) is 4.39. The predicted molar refractivity (Wildman–Crippen MR) is 77.0 cm³/mol. The molecule has 0 aliphatic carbocycles. The van der Waals surface area contributed by atoms with Gasteiger partial charge in [0, 0.05) is 20.2 Å². The Balaban J connectivity index is 2.51. The van der Waals surface area contributed by atoms with E-state index in [-0.39, 0.29) is 18.3 Å². The van der Waals surface area contributed by atoms with Crippen LogP contribution in [0.4, 0.5) is 4.39 Å². The molecule has 116 valence electrons. The van der Waals surface area contributed by atoms with Gasteiger partial charge in [0.05, 0.1) is 6.10 Å². The Morgan fingerprint density at radius 2 is 1.81 bits per heavy atom. The molecule has 2 N–H and O–H groups in total. The molecular formula is C15H21FN2O3. The maximum atomic E-state index is 13.2. The zero-order chi connectivity index (χ0) is 15.8. The van der Waals surface area contributed by atoms with Crippen LogP contribution in [0.25, 0.3) is 0 Å². The molecule has 0 aromatic heterocycles. The summed E-state index contributed by atoms with van der Waals surface area (Å²) in [5.74, 6) is -1.52. The highest BCUT2D eigenvalue weighted by Gasteiger charge is 2.17. The monoisotopic (exact) mass is 296 g/mol. The van der Waals surface area contributed by atoms with Gasteiger partial charge >= 0.3 is 11.8 Å². The standard InChI is InChI=1S/C15H21FN2O3/c1-10(2)8-17-14(19)15(20)18-9-13(21-3)11-5-4-6-12(16)7-11/h4-7,10,13H,8-9H2,1-3H3,(H,17,19)(H,18,20)/t13-/m1/s1. The van der Waals surface area contributed by atoms with Gasteiger partial charge in [0.15, 0.2) is 0 Å². The normalized spacial score (nSPS) is 12.0. The third-order valence-electron chi connectivity index (χ3n) is 2.83. The maximum absolute atomic E-state index is 13.2. The molecule has 1 aromatic carbocycles. The van der Waals surface area contributed by atoms with Gasteiger partial charge in [-0.25, -0.2) is 4.39 Å². The molecule has 0 unspecified atom stereocenters. The van der Waals surface area contributed by atoms with Crippen molar-refractivity contribution in [3.63, 3.8) is 0 Å². The molecule has 0 saturated carbocycles. The largest absolute Gasteiger partial charge is 0.375 e. The van der Waals surface area contributed by atoms with Crippen molar-refractivity contribution in [2.75, 3.05) is 20.2 Å². The Hall–Kier alpha value is -1.95. The van der Waals surface area contributed by atoms with Gasteiger partial charge in [-0.1, -0.05) is 26.0 Å². The van der Waals surface area contributed by atoms with Crippen molar-refractivity contribution >= 4 is 11.8 Å². The van der Waals surface area contributed by atoms with Crippen molar-refractivity contribution in [2.24, 2.45) is 5.92 Å². The first-order valence-corrected chi connectivity index (χ1v) is 6.78. The fourth-order valence-corrected chi connectivity index (χ4v) is 1.69. The Morgan fingerprint density at radius 3 is 2.33 bits per heavy atom. The number of halogens is 1. The van der Waals surface area contributed by atoms with E-state index >= 15 is 0 Å². The number of hydrogen-bond acceptors (Lipinski definition) is 3. The lowest BCUT2D eigenvalue weighted by molar-refractivity contribution is -0.139. The van der Waals surface area contributed by atoms with E-state index in [1.165, 1.54) is 19.2 Å². The summed E-state index contributed by atoms with van der Waals surface area (Å²) in [4.78, 5) is 23.1. The zero-order valence-electron chi connectivity index (χ0n) is 12.5. The number of amides is 2. The summed E-state index contributed by atoms with van der Waals surface area (Å²) < 4.78 is 18.4. The molecule has 1 atom stereocenters. The molecule has 0 aliphatic rings. The third kappa shape index (κ3) is 5.91. The van der Waals surface area contributed by atoms with Crippen molar-refractivity contribution in [3.8, 4) is 0 Å². The van der Waals surface area contributed by atoms with Crippen molar-refractivity contribution in [1.82, 2.24) is 10.6 Å². The fraction of sp³-hybridized carbons (Fsp3) is 0.467. The fourth-order valence-electron chi connectivity index (χ4n) is 1.69. The van der Waals surface area contributed by atoms with E-state index in [0.29, 0.717) is 12.1 Å². The van der Waals surface area contributed by atoms with Crippen molar-refractivity contribution in [1.29, 1.82) is 0 Å². The van der Waals surface area contributed by atoms with Crippen molar-refractivity contribution in [2.45, 2.75) is 20.0 Å². The first kappa shape index (κ1) is 17.1. The Bertz CT molecular complexity index is 492. The van der Waals surface area contributed by atoms with Gasteiger partial charge in [0.25, 0.3) is 0 Å². The highest BCUT2D eigenvalue weighted by Crippen LogP contribution is 2.16. The topological polar surface area (TPSA) is 67.4 Å². The lowest BCUT2D eigenvalue weighted by atomic mass is 10.1. The first-order valence-electron chi connectivity index (χ1n) is 6.78. The molecule has 0 fully saturated rings. The zero-order valence-corrected chi connectivity index (χ0v) is 12.5. The van der Waals surface area contributed by atoms with Crippen molar-refractivity contribution < 1.29 is 18.7 Å². The lowest BCUT2D eigenvalue weighted by Gasteiger charge is -2.16. The molecule has 21 heavy (non-hydrogen) atoms. The molecule has 6 heteroatoms. The number of hydrogen-bond donors (Lipinski definition) is 2. The van der Waals surface area contributed by atoms with Gasteiger partial charge < -0.3 is 15.4 Å². The molecule has 0 heterocycles. The van der Waals surface area contributed by atoms with Crippen LogP contribution in [0.5, 0.6) is 0 Å². The molecule has 1 aromatic rings. The Kier molecular flexibility index (Phi) is 6.81. The van der Waals surface area contributed by atoms with E-state index in [2.05, 4.69) is 10.6 Å². The second kappa shape index (κ2) is 8.36. The van der Waals surface area contributed by atoms with Gasteiger partial charge in [-0.2, -0.15) is 0 Å². The summed E-state index contributed by atoms with van der Waals surface area (Å²) in [7, 11) is 1.46. The minimum atomic E-state index is -0.728. The van der Waals surface area contributed by atoms with Crippen LogP contribution in [0.15, 0.2) is 24.3 Å². The average molecular weight is 296 g/mol. The molecule has 0 aliphatic heterocycles. The number of benzene rings is 1. The van der Waals surface area contributed by atoms with Crippen LogP contribution in [0.2, 0.25) is 0 Å². The molecule has 0 saturated heterocycles. The van der Waals surface area contributed by atoms with Crippen LogP contribution in [0, 0.1) is 11.7 Å². The highest BCUT2D eigenvalue weighted by atomic mass is 19.1. The van der Waals surface area contributed by atoms with Crippen LogP contribution in [-0.2, 0) is 14.3 Å². The lowest BCUT2D eigenvalue weighted by Crippen LogP contribution is -2.42. The SMILES string of the molecule is CO[C@H](CNC(=O)C(=O)NCC(C)C)c1cccc(F)c1.